The monoisotopic (exact) mass is 247 g/mol. The summed E-state index contributed by atoms with van der Waals surface area (Å²) in [5.41, 5.74) is 0.164. The van der Waals surface area contributed by atoms with Crippen LogP contribution >= 0.6 is 23.2 Å². The summed E-state index contributed by atoms with van der Waals surface area (Å²) in [6.07, 6.45) is 2.80. The van der Waals surface area contributed by atoms with Crippen molar-refractivity contribution >= 4 is 35.0 Å². The van der Waals surface area contributed by atoms with Gasteiger partial charge in [-0.2, -0.15) is 0 Å². The summed E-state index contributed by atoms with van der Waals surface area (Å²) < 4.78 is 0. The summed E-state index contributed by atoms with van der Waals surface area (Å²) in [6.45, 7) is -0.197. The standard InChI is InChI=1S/C9H7Cl2NO3/c10-7-4-6(2-1-3-13)9(12(14)15)5-8(7)11/h1-2,4-5,13H,3H2. The van der Waals surface area contributed by atoms with E-state index in [9.17, 15) is 10.1 Å². The molecule has 4 nitrogen and oxygen atoms in total. The Bertz CT molecular complexity index is 418. The van der Waals surface area contributed by atoms with Crippen LogP contribution in [-0.2, 0) is 0 Å². The number of hydrogen-bond acceptors (Lipinski definition) is 3. The summed E-state index contributed by atoms with van der Waals surface area (Å²) in [4.78, 5) is 10.1. The van der Waals surface area contributed by atoms with Gasteiger partial charge in [0.25, 0.3) is 5.69 Å². The molecule has 0 aromatic heterocycles. The SMILES string of the molecule is O=[N+]([O-])c1cc(Cl)c(Cl)cc1C=CCO. The second-order valence-corrected chi connectivity index (χ2v) is 3.48. The van der Waals surface area contributed by atoms with Crippen LogP contribution in [0.4, 0.5) is 5.69 Å². The molecule has 0 amide bonds. The van der Waals surface area contributed by atoms with Gasteiger partial charge >= 0.3 is 0 Å². The van der Waals surface area contributed by atoms with Crippen LogP contribution < -0.4 is 0 Å². The van der Waals surface area contributed by atoms with E-state index in [0.29, 0.717) is 5.56 Å². The van der Waals surface area contributed by atoms with Crippen molar-refractivity contribution in [1.29, 1.82) is 0 Å². The average Bonchev–Trinajstić information content (AvgIpc) is 2.19. The summed E-state index contributed by atoms with van der Waals surface area (Å²) >= 11 is 11.4. The second-order valence-electron chi connectivity index (χ2n) is 2.67. The zero-order chi connectivity index (χ0) is 11.4. The summed E-state index contributed by atoms with van der Waals surface area (Å²) in [5.74, 6) is 0. The third-order valence-electron chi connectivity index (χ3n) is 1.67. The number of rotatable bonds is 3. The largest absolute Gasteiger partial charge is 0.392 e. The lowest BCUT2D eigenvalue weighted by Crippen LogP contribution is -1.92. The molecular weight excluding hydrogens is 241 g/mol. The smallest absolute Gasteiger partial charge is 0.278 e. The van der Waals surface area contributed by atoms with Crippen molar-refractivity contribution in [1.82, 2.24) is 0 Å². The highest BCUT2D eigenvalue weighted by molar-refractivity contribution is 6.42. The van der Waals surface area contributed by atoms with Gasteiger partial charge in [-0.25, -0.2) is 0 Å². The molecule has 0 atom stereocenters. The summed E-state index contributed by atoms with van der Waals surface area (Å²) in [5, 5.41) is 19.6. The maximum absolute atomic E-state index is 10.7. The molecule has 0 unspecified atom stereocenters. The first-order valence-corrected chi connectivity index (χ1v) is 4.72. The quantitative estimate of drug-likeness (QED) is 0.660. The Balaban J connectivity index is 3.28. The lowest BCUT2D eigenvalue weighted by atomic mass is 10.1. The highest BCUT2D eigenvalue weighted by atomic mass is 35.5. The zero-order valence-corrected chi connectivity index (χ0v) is 9.00. The maximum atomic E-state index is 10.7. The topological polar surface area (TPSA) is 63.4 Å². The molecular formula is C9H7Cl2NO3. The molecule has 0 aliphatic heterocycles. The van der Waals surface area contributed by atoms with Crippen molar-refractivity contribution in [2.24, 2.45) is 0 Å². The van der Waals surface area contributed by atoms with Crippen LogP contribution in [0.3, 0.4) is 0 Å². The Morgan fingerprint density at radius 2 is 2.00 bits per heavy atom. The molecule has 0 bridgehead atoms. The van der Waals surface area contributed by atoms with Crippen molar-refractivity contribution < 1.29 is 10.0 Å². The van der Waals surface area contributed by atoms with E-state index in [1.165, 1.54) is 24.3 Å². The number of nitro benzene ring substituents is 1. The van der Waals surface area contributed by atoms with Gasteiger partial charge in [-0.3, -0.25) is 10.1 Å². The Kier molecular flexibility index (Phi) is 4.08. The van der Waals surface area contributed by atoms with Gasteiger partial charge in [0.2, 0.25) is 0 Å². The zero-order valence-electron chi connectivity index (χ0n) is 7.48. The van der Waals surface area contributed by atoms with Crippen molar-refractivity contribution in [3.8, 4) is 0 Å². The Morgan fingerprint density at radius 3 is 2.53 bits per heavy atom. The first-order chi connectivity index (χ1) is 7.06. The highest BCUT2D eigenvalue weighted by Crippen LogP contribution is 2.31. The number of aliphatic hydroxyl groups excluding tert-OH is 1. The predicted molar refractivity (Wildman–Crippen MR) is 59.2 cm³/mol. The highest BCUT2D eigenvalue weighted by Gasteiger charge is 2.14. The van der Waals surface area contributed by atoms with E-state index in [-0.39, 0.29) is 22.3 Å². The summed E-state index contributed by atoms with van der Waals surface area (Å²) in [7, 11) is 0. The van der Waals surface area contributed by atoms with Crippen LogP contribution in [0.1, 0.15) is 5.56 Å². The molecule has 1 rings (SSSR count). The van der Waals surface area contributed by atoms with E-state index in [4.69, 9.17) is 28.3 Å². The van der Waals surface area contributed by atoms with Gasteiger partial charge < -0.3 is 5.11 Å². The van der Waals surface area contributed by atoms with Gasteiger partial charge in [-0.15, -0.1) is 0 Å². The van der Waals surface area contributed by atoms with E-state index in [2.05, 4.69) is 0 Å². The second kappa shape index (κ2) is 5.11. The third-order valence-corrected chi connectivity index (χ3v) is 2.39. The number of nitrogens with zero attached hydrogens (tertiary/aromatic N) is 1. The van der Waals surface area contributed by atoms with Crippen LogP contribution in [0.5, 0.6) is 0 Å². The number of benzene rings is 1. The minimum absolute atomic E-state index is 0.129. The van der Waals surface area contributed by atoms with Gasteiger partial charge in [0.05, 0.1) is 27.1 Å². The maximum Gasteiger partial charge on any atom is 0.278 e. The molecule has 80 valence electrons. The molecule has 0 saturated carbocycles. The number of aliphatic hydroxyl groups is 1. The average molecular weight is 248 g/mol. The number of halogens is 2. The Labute approximate surface area is 95.9 Å². The third kappa shape index (κ3) is 2.92. The minimum Gasteiger partial charge on any atom is -0.392 e. The lowest BCUT2D eigenvalue weighted by Gasteiger charge is -2.00. The lowest BCUT2D eigenvalue weighted by molar-refractivity contribution is -0.385. The van der Waals surface area contributed by atoms with Gasteiger partial charge in [0, 0.05) is 6.07 Å². The molecule has 0 heterocycles. The molecule has 0 aliphatic carbocycles. The number of nitro groups is 1. The molecule has 6 heteroatoms. The van der Waals surface area contributed by atoms with Crippen molar-refractivity contribution in [3.05, 3.63) is 43.9 Å². The van der Waals surface area contributed by atoms with Crippen LogP contribution in [0, 0.1) is 10.1 Å². The van der Waals surface area contributed by atoms with Gasteiger partial charge in [0.15, 0.2) is 0 Å². The molecule has 0 aliphatic rings. The number of hydrogen-bond donors (Lipinski definition) is 1. The fraction of sp³-hybridized carbons (Fsp3) is 0.111. The van der Waals surface area contributed by atoms with Crippen LogP contribution in [0.2, 0.25) is 10.0 Å². The van der Waals surface area contributed by atoms with E-state index in [1.807, 2.05) is 0 Å². The van der Waals surface area contributed by atoms with Crippen LogP contribution in [0.15, 0.2) is 18.2 Å². The van der Waals surface area contributed by atoms with Gasteiger partial charge in [-0.05, 0) is 12.1 Å². The molecule has 0 spiro atoms. The minimum atomic E-state index is -0.556. The Morgan fingerprint density at radius 1 is 1.40 bits per heavy atom. The normalized spacial score (nSPS) is 10.9. The molecule has 1 aromatic rings. The Hall–Kier alpha value is -1.10. The first-order valence-electron chi connectivity index (χ1n) is 3.97. The fourth-order valence-corrected chi connectivity index (χ4v) is 1.35. The molecule has 0 radical (unpaired) electrons. The molecule has 1 N–H and O–H groups in total. The van der Waals surface area contributed by atoms with E-state index in [0.717, 1.165) is 0 Å². The van der Waals surface area contributed by atoms with Crippen molar-refractivity contribution in [2.75, 3.05) is 6.61 Å². The fourth-order valence-electron chi connectivity index (χ4n) is 1.02. The van der Waals surface area contributed by atoms with Crippen molar-refractivity contribution in [2.45, 2.75) is 0 Å². The molecule has 0 saturated heterocycles. The predicted octanol–water partition coefficient (Wildman–Crippen LogP) is 2.91. The molecule has 1 aromatic carbocycles. The molecule has 0 fully saturated rings. The van der Waals surface area contributed by atoms with E-state index < -0.39 is 4.92 Å². The van der Waals surface area contributed by atoms with E-state index >= 15 is 0 Å². The molecule has 15 heavy (non-hydrogen) atoms. The van der Waals surface area contributed by atoms with Crippen molar-refractivity contribution in [3.63, 3.8) is 0 Å². The van der Waals surface area contributed by atoms with Crippen LogP contribution in [-0.4, -0.2) is 16.6 Å². The van der Waals surface area contributed by atoms with Gasteiger partial charge in [0.1, 0.15) is 0 Å². The van der Waals surface area contributed by atoms with Gasteiger partial charge in [-0.1, -0.05) is 29.3 Å². The first kappa shape index (κ1) is 12.0. The van der Waals surface area contributed by atoms with Crippen LogP contribution in [0.25, 0.3) is 6.08 Å². The van der Waals surface area contributed by atoms with E-state index in [1.54, 1.807) is 0 Å². The summed E-state index contributed by atoms with van der Waals surface area (Å²) in [6, 6.07) is 2.56.